The highest BCUT2D eigenvalue weighted by Crippen LogP contribution is 2.33. The molecule has 0 saturated carbocycles. The van der Waals surface area contributed by atoms with Crippen LogP contribution in [0.15, 0.2) is 17.5 Å². The molecule has 0 fully saturated rings. The van der Waals surface area contributed by atoms with Crippen LogP contribution in [0.25, 0.3) is 0 Å². The second-order valence-electron chi connectivity index (χ2n) is 4.30. The Morgan fingerprint density at radius 3 is 2.80 bits per heavy atom. The van der Waals surface area contributed by atoms with Crippen molar-refractivity contribution in [3.05, 3.63) is 43.8 Å². The van der Waals surface area contributed by atoms with Crippen molar-refractivity contribution in [1.29, 1.82) is 0 Å². The van der Waals surface area contributed by atoms with E-state index in [1.54, 1.807) is 17.4 Å². The summed E-state index contributed by atoms with van der Waals surface area (Å²) < 4.78 is 5.83. The number of hydrogen-bond donors (Lipinski definition) is 1. The van der Waals surface area contributed by atoms with Gasteiger partial charge in [0, 0.05) is 22.5 Å². The topological polar surface area (TPSA) is 34.1 Å². The van der Waals surface area contributed by atoms with Crippen molar-refractivity contribution in [2.75, 3.05) is 6.54 Å². The molecule has 1 N–H and O–H groups in total. The van der Waals surface area contributed by atoms with Gasteiger partial charge in [-0.3, -0.25) is 0 Å². The van der Waals surface area contributed by atoms with E-state index in [-0.39, 0.29) is 0 Å². The number of ether oxygens (including phenoxy) is 1. The molecular formula is C14H16Cl2N2OS. The average molecular weight is 331 g/mol. The van der Waals surface area contributed by atoms with E-state index in [1.807, 2.05) is 25.3 Å². The SMILES string of the molecule is CCNCc1cc(Cl)cc(Cl)c1OCc1csc(C)n1. The van der Waals surface area contributed by atoms with Crippen LogP contribution in [0.2, 0.25) is 10.0 Å². The van der Waals surface area contributed by atoms with Crippen LogP contribution in [-0.2, 0) is 13.2 Å². The standard InChI is InChI=1S/C14H16Cl2N2OS/c1-3-17-6-10-4-11(15)5-13(16)14(10)19-7-12-8-20-9(2)18-12/h4-5,8,17H,3,6-7H2,1-2H3. The van der Waals surface area contributed by atoms with Crippen molar-refractivity contribution in [2.24, 2.45) is 0 Å². The Kier molecular flexibility index (Phi) is 5.66. The van der Waals surface area contributed by atoms with E-state index >= 15 is 0 Å². The first kappa shape index (κ1) is 15.6. The van der Waals surface area contributed by atoms with E-state index in [2.05, 4.69) is 10.3 Å². The van der Waals surface area contributed by atoms with Gasteiger partial charge in [0.25, 0.3) is 0 Å². The molecule has 0 saturated heterocycles. The molecule has 0 atom stereocenters. The van der Waals surface area contributed by atoms with Crippen molar-refractivity contribution in [3.63, 3.8) is 0 Å². The van der Waals surface area contributed by atoms with Crippen LogP contribution in [0.5, 0.6) is 5.75 Å². The molecule has 0 radical (unpaired) electrons. The fourth-order valence-electron chi connectivity index (χ4n) is 1.79. The van der Waals surface area contributed by atoms with Crippen LogP contribution in [-0.4, -0.2) is 11.5 Å². The van der Waals surface area contributed by atoms with Crippen LogP contribution in [0.4, 0.5) is 0 Å². The van der Waals surface area contributed by atoms with Crippen molar-refractivity contribution < 1.29 is 4.74 Å². The lowest BCUT2D eigenvalue weighted by Crippen LogP contribution is -2.13. The lowest BCUT2D eigenvalue weighted by atomic mass is 10.2. The second-order valence-corrected chi connectivity index (χ2v) is 6.21. The van der Waals surface area contributed by atoms with Gasteiger partial charge in [-0.05, 0) is 25.6 Å². The Balaban J connectivity index is 2.16. The average Bonchev–Trinajstić information content (AvgIpc) is 2.80. The number of nitrogens with one attached hydrogen (secondary N) is 1. The van der Waals surface area contributed by atoms with Gasteiger partial charge in [0.1, 0.15) is 12.4 Å². The summed E-state index contributed by atoms with van der Waals surface area (Å²) >= 11 is 13.9. The molecule has 0 spiro atoms. The predicted octanol–water partition coefficient (Wildman–Crippen LogP) is 4.45. The Hall–Kier alpha value is -0.810. The third kappa shape index (κ3) is 4.09. The molecule has 0 amide bonds. The van der Waals surface area contributed by atoms with E-state index in [0.717, 1.165) is 22.8 Å². The first-order valence-corrected chi connectivity index (χ1v) is 7.96. The Morgan fingerprint density at radius 2 is 2.15 bits per heavy atom. The minimum absolute atomic E-state index is 0.408. The first-order chi connectivity index (χ1) is 9.60. The largest absolute Gasteiger partial charge is 0.485 e. The van der Waals surface area contributed by atoms with Crippen LogP contribution < -0.4 is 10.1 Å². The third-order valence-electron chi connectivity index (χ3n) is 2.68. The molecule has 20 heavy (non-hydrogen) atoms. The van der Waals surface area contributed by atoms with E-state index in [1.165, 1.54) is 0 Å². The van der Waals surface area contributed by atoms with Crippen molar-refractivity contribution in [3.8, 4) is 5.75 Å². The van der Waals surface area contributed by atoms with Crippen LogP contribution in [0.1, 0.15) is 23.2 Å². The van der Waals surface area contributed by atoms with Gasteiger partial charge in [0.05, 0.1) is 15.7 Å². The summed E-state index contributed by atoms with van der Waals surface area (Å²) in [5, 5.41) is 7.40. The zero-order valence-electron chi connectivity index (χ0n) is 11.4. The molecule has 0 unspecified atom stereocenters. The summed E-state index contributed by atoms with van der Waals surface area (Å²) in [4.78, 5) is 4.37. The summed E-state index contributed by atoms with van der Waals surface area (Å²) in [5.41, 5.74) is 1.87. The lowest BCUT2D eigenvalue weighted by molar-refractivity contribution is 0.298. The number of aryl methyl sites for hydroxylation is 1. The predicted molar refractivity (Wildman–Crippen MR) is 85.0 cm³/mol. The smallest absolute Gasteiger partial charge is 0.143 e. The highest BCUT2D eigenvalue weighted by Gasteiger charge is 2.11. The molecule has 2 aromatic rings. The van der Waals surface area contributed by atoms with Crippen molar-refractivity contribution in [1.82, 2.24) is 10.3 Å². The number of rotatable bonds is 6. The van der Waals surface area contributed by atoms with E-state index in [0.29, 0.717) is 28.9 Å². The Bertz CT molecular complexity index is 587. The minimum Gasteiger partial charge on any atom is -0.485 e. The van der Waals surface area contributed by atoms with Crippen molar-refractivity contribution in [2.45, 2.75) is 27.0 Å². The monoisotopic (exact) mass is 330 g/mol. The molecule has 2 rings (SSSR count). The van der Waals surface area contributed by atoms with Gasteiger partial charge in [-0.15, -0.1) is 11.3 Å². The molecule has 6 heteroatoms. The van der Waals surface area contributed by atoms with Gasteiger partial charge in [0.15, 0.2) is 0 Å². The van der Waals surface area contributed by atoms with E-state index in [4.69, 9.17) is 27.9 Å². The fraction of sp³-hybridized carbons (Fsp3) is 0.357. The molecule has 3 nitrogen and oxygen atoms in total. The van der Waals surface area contributed by atoms with Crippen LogP contribution in [0.3, 0.4) is 0 Å². The maximum Gasteiger partial charge on any atom is 0.143 e. The van der Waals surface area contributed by atoms with Crippen molar-refractivity contribution >= 4 is 34.5 Å². The molecule has 1 aromatic carbocycles. The maximum absolute atomic E-state index is 6.23. The molecule has 0 aliphatic carbocycles. The molecule has 0 bridgehead atoms. The summed E-state index contributed by atoms with van der Waals surface area (Å²) in [6.45, 7) is 5.96. The van der Waals surface area contributed by atoms with E-state index < -0.39 is 0 Å². The zero-order valence-corrected chi connectivity index (χ0v) is 13.7. The number of nitrogens with zero attached hydrogens (tertiary/aromatic N) is 1. The van der Waals surface area contributed by atoms with Gasteiger partial charge >= 0.3 is 0 Å². The van der Waals surface area contributed by atoms with Gasteiger partial charge in [0.2, 0.25) is 0 Å². The summed E-state index contributed by atoms with van der Waals surface area (Å²) in [6, 6.07) is 3.57. The summed E-state index contributed by atoms with van der Waals surface area (Å²) in [7, 11) is 0. The van der Waals surface area contributed by atoms with E-state index in [9.17, 15) is 0 Å². The summed E-state index contributed by atoms with van der Waals surface area (Å²) in [6.07, 6.45) is 0. The quantitative estimate of drug-likeness (QED) is 0.849. The number of halogens is 2. The van der Waals surface area contributed by atoms with Gasteiger partial charge < -0.3 is 10.1 Å². The second kappa shape index (κ2) is 7.27. The molecule has 1 aromatic heterocycles. The zero-order chi connectivity index (χ0) is 14.5. The van der Waals surface area contributed by atoms with Crippen LogP contribution >= 0.6 is 34.5 Å². The highest BCUT2D eigenvalue weighted by molar-refractivity contribution is 7.09. The minimum atomic E-state index is 0.408. The molecule has 0 aliphatic heterocycles. The summed E-state index contributed by atoms with van der Waals surface area (Å²) in [5.74, 6) is 0.669. The molecule has 108 valence electrons. The first-order valence-electron chi connectivity index (χ1n) is 6.32. The Morgan fingerprint density at radius 1 is 1.35 bits per heavy atom. The van der Waals surface area contributed by atoms with Gasteiger partial charge in [-0.2, -0.15) is 0 Å². The number of benzene rings is 1. The molecular weight excluding hydrogens is 315 g/mol. The normalized spacial score (nSPS) is 10.8. The number of aromatic nitrogens is 1. The highest BCUT2D eigenvalue weighted by atomic mass is 35.5. The van der Waals surface area contributed by atoms with Crippen LogP contribution in [0, 0.1) is 6.92 Å². The Labute approximate surface area is 132 Å². The maximum atomic E-state index is 6.23. The number of thiazole rings is 1. The fourth-order valence-corrected chi connectivity index (χ4v) is 2.97. The van der Waals surface area contributed by atoms with Gasteiger partial charge in [-0.25, -0.2) is 4.98 Å². The molecule has 1 heterocycles. The number of hydrogen-bond acceptors (Lipinski definition) is 4. The van der Waals surface area contributed by atoms with Gasteiger partial charge in [-0.1, -0.05) is 30.1 Å². The molecule has 0 aliphatic rings. The lowest BCUT2D eigenvalue weighted by Gasteiger charge is -2.13. The third-order valence-corrected chi connectivity index (χ3v) is 4.00.